The van der Waals surface area contributed by atoms with Crippen molar-refractivity contribution in [1.82, 2.24) is 10.2 Å². The summed E-state index contributed by atoms with van der Waals surface area (Å²) in [5.74, 6) is -1.75. The minimum Gasteiger partial charge on any atom is -0.480 e. The highest BCUT2D eigenvalue weighted by molar-refractivity contribution is 5.83. The van der Waals surface area contributed by atoms with Crippen LogP contribution in [0.1, 0.15) is 31.7 Å². The Bertz CT molecular complexity index is 578. The van der Waals surface area contributed by atoms with E-state index in [0.29, 0.717) is 25.1 Å². The Labute approximate surface area is 129 Å². The highest BCUT2D eigenvalue weighted by Gasteiger charge is 2.37. The van der Waals surface area contributed by atoms with Crippen molar-refractivity contribution in [2.45, 2.75) is 31.7 Å². The average molecular weight is 308 g/mol. The minimum absolute atomic E-state index is 0.0635. The van der Waals surface area contributed by atoms with Gasteiger partial charge in [0.15, 0.2) is 0 Å². The number of carbonyl (C=O) groups is 2. The van der Waals surface area contributed by atoms with E-state index < -0.39 is 17.4 Å². The molecule has 2 rings (SSSR count). The summed E-state index contributed by atoms with van der Waals surface area (Å²) in [7, 11) is 0. The second-order valence-corrected chi connectivity index (χ2v) is 6.09. The molecule has 6 heteroatoms. The van der Waals surface area contributed by atoms with Crippen molar-refractivity contribution >= 4 is 11.9 Å². The van der Waals surface area contributed by atoms with Crippen molar-refractivity contribution in [3.8, 4) is 0 Å². The van der Waals surface area contributed by atoms with E-state index in [1.807, 2.05) is 6.92 Å². The van der Waals surface area contributed by atoms with Crippen LogP contribution < -0.4 is 5.32 Å². The third kappa shape index (κ3) is 3.82. The quantitative estimate of drug-likeness (QED) is 0.867. The van der Waals surface area contributed by atoms with Crippen LogP contribution in [0.3, 0.4) is 0 Å². The van der Waals surface area contributed by atoms with Crippen molar-refractivity contribution in [2.24, 2.45) is 0 Å². The van der Waals surface area contributed by atoms with Gasteiger partial charge >= 0.3 is 5.97 Å². The zero-order valence-electron chi connectivity index (χ0n) is 12.8. The third-order valence-electron chi connectivity index (χ3n) is 4.17. The Hall–Kier alpha value is -1.95. The van der Waals surface area contributed by atoms with E-state index >= 15 is 0 Å². The molecule has 1 aliphatic heterocycles. The number of rotatable bonds is 5. The van der Waals surface area contributed by atoms with Gasteiger partial charge in [-0.3, -0.25) is 14.9 Å². The zero-order chi connectivity index (χ0) is 16.3. The summed E-state index contributed by atoms with van der Waals surface area (Å²) in [6.45, 7) is 4.58. The number of benzene rings is 1. The molecule has 1 aliphatic rings. The predicted octanol–water partition coefficient (Wildman–Crippen LogP) is 1.59. The summed E-state index contributed by atoms with van der Waals surface area (Å²) in [5.41, 5.74) is 0.257. The number of carboxylic acids is 1. The third-order valence-corrected chi connectivity index (χ3v) is 4.17. The first-order valence-electron chi connectivity index (χ1n) is 7.32. The molecule has 0 aliphatic carbocycles. The van der Waals surface area contributed by atoms with Crippen LogP contribution in [0.25, 0.3) is 0 Å². The number of hydrogen-bond acceptors (Lipinski definition) is 3. The van der Waals surface area contributed by atoms with Crippen LogP contribution in [-0.4, -0.2) is 47.1 Å². The molecule has 22 heavy (non-hydrogen) atoms. The molecule has 1 aromatic rings. The molecule has 2 N–H and O–H groups in total. The highest BCUT2D eigenvalue weighted by atomic mass is 19.1. The fourth-order valence-corrected chi connectivity index (χ4v) is 2.77. The molecule has 1 saturated heterocycles. The van der Waals surface area contributed by atoms with Crippen LogP contribution in [0.2, 0.25) is 0 Å². The van der Waals surface area contributed by atoms with Gasteiger partial charge in [0.1, 0.15) is 5.82 Å². The molecule has 0 bridgehead atoms. The van der Waals surface area contributed by atoms with Gasteiger partial charge in [-0.15, -0.1) is 0 Å². The van der Waals surface area contributed by atoms with Crippen molar-refractivity contribution in [1.29, 1.82) is 0 Å². The summed E-state index contributed by atoms with van der Waals surface area (Å²) in [6.07, 6.45) is 0.696. The maximum atomic E-state index is 13.3. The topological polar surface area (TPSA) is 69.6 Å². The molecule has 1 fully saturated rings. The van der Waals surface area contributed by atoms with Gasteiger partial charge in [0.2, 0.25) is 5.91 Å². The van der Waals surface area contributed by atoms with Gasteiger partial charge in [0.25, 0.3) is 0 Å². The lowest BCUT2D eigenvalue weighted by atomic mass is 9.99. The van der Waals surface area contributed by atoms with E-state index in [9.17, 15) is 14.0 Å². The first kappa shape index (κ1) is 16.4. The van der Waals surface area contributed by atoms with Gasteiger partial charge in [0, 0.05) is 18.6 Å². The zero-order valence-corrected chi connectivity index (χ0v) is 12.8. The number of likely N-dealkylation sites (tertiary alicyclic amines) is 1. The summed E-state index contributed by atoms with van der Waals surface area (Å²) >= 11 is 0. The van der Waals surface area contributed by atoms with Crippen LogP contribution in [0.15, 0.2) is 24.3 Å². The van der Waals surface area contributed by atoms with E-state index in [1.54, 1.807) is 24.0 Å². The summed E-state index contributed by atoms with van der Waals surface area (Å²) in [6, 6.07) is 6.06. The Balaban J connectivity index is 2.00. The lowest BCUT2D eigenvalue weighted by molar-refractivity contribution is -0.136. The number of halogens is 1. The van der Waals surface area contributed by atoms with Crippen molar-refractivity contribution in [3.05, 3.63) is 35.6 Å². The van der Waals surface area contributed by atoms with Crippen LogP contribution in [0.4, 0.5) is 4.39 Å². The summed E-state index contributed by atoms with van der Waals surface area (Å²) in [5, 5.41) is 11.7. The van der Waals surface area contributed by atoms with Crippen molar-refractivity contribution in [2.75, 3.05) is 19.6 Å². The van der Waals surface area contributed by atoms with E-state index in [0.717, 1.165) is 0 Å². The Morgan fingerprint density at radius 3 is 2.86 bits per heavy atom. The Morgan fingerprint density at radius 1 is 1.50 bits per heavy atom. The number of amides is 1. The lowest BCUT2D eigenvalue weighted by Gasteiger charge is -2.26. The van der Waals surface area contributed by atoms with Gasteiger partial charge in [-0.25, -0.2) is 4.39 Å². The minimum atomic E-state index is -0.917. The number of hydrogen-bond donors (Lipinski definition) is 2. The first-order chi connectivity index (χ1) is 10.3. The normalized spacial score (nSPS) is 22.6. The molecule has 1 heterocycles. The molecule has 1 amide bonds. The molecule has 120 valence electrons. The Morgan fingerprint density at radius 2 is 2.23 bits per heavy atom. The van der Waals surface area contributed by atoms with E-state index in [1.165, 1.54) is 12.1 Å². The van der Waals surface area contributed by atoms with Crippen LogP contribution in [0.5, 0.6) is 0 Å². The van der Waals surface area contributed by atoms with E-state index in [4.69, 9.17) is 5.11 Å². The van der Waals surface area contributed by atoms with Gasteiger partial charge in [0.05, 0.1) is 12.5 Å². The molecule has 5 nitrogen and oxygen atoms in total. The van der Waals surface area contributed by atoms with Crippen molar-refractivity contribution < 1.29 is 19.1 Å². The second-order valence-electron chi connectivity index (χ2n) is 6.09. The molecule has 0 aromatic heterocycles. The monoisotopic (exact) mass is 308 g/mol. The predicted molar refractivity (Wildman–Crippen MR) is 80.1 cm³/mol. The standard InChI is InChI=1S/C16H21FN2O3/c1-11(12-4-3-5-13(17)8-12)15(22)19-7-6-16(2,10-19)18-9-14(20)21/h3-5,8,11,18H,6-7,9-10H2,1-2H3,(H,20,21)/t11-,16-/m1/s1. The number of carboxylic acid groups (broad SMARTS) is 1. The second kappa shape index (κ2) is 6.44. The molecule has 0 spiro atoms. The van der Waals surface area contributed by atoms with Gasteiger partial charge in [-0.2, -0.15) is 0 Å². The Kier molecular flexibility index (Phi) is 4.81. The molecular weight excluding hydrogens is 287 g/mol. The van der Waals surface area contributed by atoms with Crippen LogP contribution in [-0.2, 0) is 9.59 Å². The van der Waals surface area contributed by atoms with Gasteiger partial charge < -0.3 is 10.0 Å². The van der Waals surface area contributed by atoms with E-state index in [-0.39, 0.29) is 18.3 Å². The SMILES string of the molecule is C[C@@H](C(=O)N1CC[C@@](C)(NCC(=O)O)C1)c1cccc(F)c1. The van der Waals surface area contributed by atoms with Crippen LogP contribution in [0, 0.1) is 5.82 Å². The fourth-order valence-electron chi connectivity index (χ4n) is 2.77. The molecule has 1 aromatic carbocycles. The number of nitrogens with one attached hydrogen (secondary N) is 1. The molecule has 0 radical (unpaired) electrons. The van der Waals surface area contributed by atoms with Crippen LogP contribution >= 0.6 is 0 Å². The molecule has 0 unspecified atom stereocenters. The smallest absolute Gasteiger partial charge is 0.317 e. The van der Waals surface area contributed by atoms with Gasteiger partial charge in [-0.05, 0) is 38.0 Å². The maximum absolute atomic E-state index is 13.3. The summed E-state index contributed by atoms with van der Waals surface area (Å²) in [4.78, 5) is 24.9. The van der Waals surface area contributed by atoms with Crippen molar-refractivity contribution in [3.63, 3.8) is 0 Å². The number of aliphatic carboxylic acids is 1. The first-order valence-corrected chi connectivity index (χ1v) is 7.32. The molecule has 2 atom stereocenters. The van der Waals surface area contributed by atoms with Gasteiger partial charge in [-0.1, -0.05) is 12.1 Å². The fraction of sp³-hybridized carbons (Fsp3) is 0.500. The van der Waals surface area contributed by atoms with E-state index in [2.05, 4.69) is 5.32 Å². The number of nitrogens with zero attached hydrogens (tertiary/aromatic N) is 1. The lowest BCUT2D eigenvalue weighted by Crippen LogP contribution is -2.47. The maximum Gasteiger partial charge on any atom is 0.317 e. The number of carbonyl (C=O) groups excluding carboxylic acids is 1. The average Bonchev–Trinajstić information content (AvgIpc) is 2.87. The highest BCUT2D eigenvalue weighted by Crippen LogP contribution is 2.26. The molecule has 0 saturated carbocycles. The summed E-state index contributed by atoms with van der Waals surface area (Å²) < 4.78 is 13.3. The molecular formula is C16H21FN2O3. The largest absolute Gasteiger partial charge is 0.480 e.